The van der Waals surface area contributed by atoms with Crippen molar-refractivity contribution in [3.05, 3.63) is 101 Å². The molecule has 3 aromatic rings. The molecule has 0 radical (unpaired) electrons. The number of carbonyl (C=O) groups excluding carboxylic acids is 2. The lowest BCUT2D eigenvalue weighted by atomic mass is 9.95. The summed E-state index contributed by atoms with van der Waals surface area (Å²) in [7, 11) is 1.52. The van der Waals surface area contributed by atoms with E-state index in [1.54, 1.807) is 48.8 Å². The van der Waals surface area contributed by atoms with Gasteiger partial charge >= 0.3 is 0 Å². The maximum Gasteiger partial charge on any atom is 0.295 e. The first-order chi connectivity index (χ1) is 14.6. The van der Waals surface area contributed by atoms with Crippen molar-refractivity contribution in [3.8, 4) is 5.75 Å². The molecule has 30 heavy (non-hydrogen) atoms. The number of ether oxygens (including phenoxy) is 1. The van der Waals surface area contributed by atoms with E-state index in [0.717, 1.165) is 11.1 Å². The van der Waals surface area contributed by atoms with Gasteiger partial charge in [0.15, 0.2) is 0 Å². The minimum Gasteiger partial charge on any atom is -0.507 e. The number of aliphatic hydroxyl groups excluding tert-OH is 1. The molecule has 6 heteroatoms. The van der Waals surface area contributed by atoms with Crippen LogP contribution in [0.5, 0.6) is 5.75 Å². The Labute approximate surface area is 174 Å². The second-order valence-corrected chi connectivity index (χ2v) is 6.93. The van der Waals surface area contributed by atoms with Crippen molar-refractivity contribution in [1.29, 1.82) is 0 Å². The zero-order chi connectivity index (χ0) is 21.1. The minimum atomic E-state index is -0.710. The molecule has 1 atom stereocenters. The first-order valence-corrected chi connectivity index (χ1v) is 9.47. The quantitative estimate of drug-likeness (QED) is 0.401. The van der Waals surface area contributed by atoms with Crippen LogP contribution in [0.25, 0.3) is 5.76 Å². The maximum absolute atomic E-state index is 13.0. The van der Waals surface area contributed by atoms with Gasteiger partial charge in [-0.15, -0.1) is 0 Å². The first kappa shape index (κ1) is 19.4. The third-order valence-electron chi connectivity index (χ3n) is 5.10. The summed E-state index contributed by atoms with van der Waals surface area (Å²) in [5, 5.41) is 11.1. The molecule has 1 saturated heterocycles. The van der Waals surface area contributed by atoms with Crippen LogP contribution in [-0.4, -0.2) is 33.8 Å². The number of methoxy groups -OCH3 is 1. The van der Waals surface area contributed by atoms with Crippen LogP contribution in [0, 0.1) is 0 Å². The molecule has 0 saturated carbocycles. The molecule has 4 rings (SSSR count). The molecule has 1 N–H and O–H groups in total. The molecule has 1 aliphatic heterocycles. The van der Waals surface area contributed by atoms with Gasteiger partial charge in [0.05, 0.1) is 18.7 Å². The first-order valence-electron chi connectivity index (χ1n) is 9.47. The van der Waals surface area contributed by atoms with Crippen LogP contribution in [0.2, 0.25) is 0 Å². The van der Waals surface area contributed by atoms with Crippen LogP contribution in [0.3, 0.4) is 0 Å². The fraction of sp³-hybridized carbons (Fsp3) is 0.125. The fourth-order valence-electron chi connectivity index (χ4n) is 3.64. The molecular weight excluding hydrogens is 380 g/mol. The van der Waals surface area contributed by atoms with Gasteiger partial charge in [0.2, 0.25) is 0 Å². The monoisotopic (exact) mass is 400 g/mol. The van der Waals surface area contributed by atoms with E-state index in [2.05, 4.69) is 4.98 Å². The van der Waals surface area contributed by atoms with Gasteiger partial charge in [-0.1, -0.05) is 42.5 Å². The number of likely N-dealkylation sites (tertiary alicyclic amines) is 1. The Morgan fingerprint density at radius 2 is 1.77 bits per heavy atom. The standard InChI is InChI=1S/C24H20N2O4/c1-30-19-9-5-8-18(14-19)22(27)20-21(17-6-3-2-4-7-17)26(24(29)23(20)28)15-16-10-12-25-13-11-16/h2-14,21,27H,15H2,1H3/b22-20+. The number of amides is 1. The molecular formula is C24H20N2O4. The summed E-state index contributed by atoms with van der Waals surface area (Å²) in [6.45, 7) is 0.224. The predicted octanol–water partition coefficient (Wildman–Crippen LogP) is 3.71. The Bertz CT molecular complexity index is 1110. The molecule has 150 valence electrons. The van der Waals surface area contributed by atoms with Crippen LogP contribution in [0.15, 0.2) is 84.7 Å². The van der Waals surface area contributed by atoms with E-state index in [1.165, 1.54) is 12.0 Å². The second-order valence-electron chi connectivity index (χ2n) is 6.93. The predicted molar refractivity (Wildman–Crippen MR) is 112 cm³/mol. The number of rotatable bonds is 5. The molecule has 0 spiro atoms. The summed E-state index contributed by atoms with van der Waals surface area (Å²) in [4.78, 5) is 31.4. The van der Waals surface area contributed by atoms with Crippen molar-refractivity contribution in [3.63, 3.8) is 0 Å². The number of ketones is 1. The lowest BCUT2D eigenvalue weighted by Crippen LogP contribution is -2.29. The highest BCUT2D eigenvalue weighted by Gasteiger charge is 2.46. The summed E-state index contributed by atoms with van der Waals surface area (Å²) < 4.78 is 5.23. The number of Topliss-reactive ketones (excluding diaryl/α,β-unsaturated/α-hetero) is 1. The van der Waals surface area contributed by atoms with E-state index >= 15 is 0 Å². The minimum absolute atomic E-state index is 0.0634. The van der Waals surface area contributed by atoms with Gasteiger partial charge in [-0.2, -0.15) is 0 Å². The Kier molecular flexibility index (Phi) is 5.30. The number of aromatic nitrogens is 1. The Morgan fingerprint density at radius 3 is 2.47 bits per heavy atom. The molecule has 6 nitrogen and oxygen atoms in total. The van der Waals surface area contributed by atoms with Crippen molar-refractivity contribution in [2.24, 2.45) is 0 Å². The van der Waals surface area contributed by atoms with Crippen molar-refractivity contribution in [1.82, 2.24) is 9.88 Å². The maximum atomic E-state index is 13.0. The SMILES string of the molecule is COc1cccc(/C(O)=C2\C(=O)C(=O)N(Cc3ccncc3)C2c2ccccc2)c1. The molecule has 2 heterocycles. The Hall–Kier alpha value is -3.93. The van der Waals surface area contributed by atoms with E-state index in [0.29, 0.717) is 11.3 Å². The third-order valence-corrected chi connectivity index (χ3v) is 5.10. The van der Waals surface area contributed by atoms with E-state index in [1.807, 2.05) is 30.3 Å². The summed E-state index contributed by atoms with van der Waals surface area (Å²) in [5.41, 5.74) is 2.06. The molecule has 0 bridgehead atoms. The highest BCUT2D eigenvalue weighted by molar-refractivity contribution is 6.46. The number of nitrogens with zero attached hydrogens (tertiary/aromatic N) is 2. The number of aliphatic hydroxyl groups is 1. The average molecular weight is 400 g/mol. The largest absolute Gasteiger partial charge is 0.507 e. The van der Waals surface area contributed by atoms with Crippen LogP contribution < -0.4 is 4.74 Å². The highest BCUT2D eigenvalue weighted by atomic mass is 16.5. The van der Waals surface area contributed by atoms with Crippen molar-refractivity contribution in [2.45, 2.75) is 12.6 Å². The Morgan fingerprint density at radius 1 is 1.03 bits per heavy atom. The van der Waals surface area contributed by atoms with E-state index in [4.69, 9.17) is 4.74 Å². The van der Waals surface area contributed by atoms with E-state index < -0.39 is 17.7 Å². The molecule has 1 aliphatic rings. The lowest BCUT2D eigenvalue weighted by Gasteiger charge is -2.25. The third kappa shape index (κ3) is 3.55. The molecule has 1 aromatic heterocycles. The molecule has 1 fully saturated rings. The number of carbonyl (C=O) groups is 2. The molecule has 1 unspecified atom stereocenters. The van der Waals surface area contributed by atoms with Crippen LogP contribution in [-0.2, 0) is 16.1 Å². The fourth-order valence-corrected chi connectivity index (χ4v) is 3.64. The van der Waals surface area contributed by atoms with Crippen molar-refractivity contribution < 1.29 is 19.4 Å². The summed E-state index contributed by atoms with van der Waals surface area (Å²) in [6, 6.07) is 18.9. The van der Waals surface area contributed by atoms with Crippen molar-refractivity contribution >= 4 is 17.4 Å². The van der Waals surface area contributed by atoms with Gasteiger partial charge in [0.25, 0.3) is 11.7 Å². The lowest BCUT2D eigenvalue weighted by molar-refractivity contribution is -0.140. The van der Waals surface area contributed by atoms with Gasteiger partial charge in [0, 0.05) is 24.5 Å². The average Bonchev–Trinajstić information content (AvgIpc) is 3.05. The van der Waals surface area contributed by atoms with Gasteiger partial charge in [-0.25, -0.2) is 0 Å². The number of pyridine rings is 1. The van der Waals surface area contributed by atoms with Gasteiger partial charge < -0.3 is 14.7 Å². The normalized spacial score (nSPS) is 17.9. The van der Waals surface area contributed by atoms with Crippen LogP contribution >= 0.6 is 0 Å². The molecule has 0 aliphatic carbocycles. The smallest absolute Gasteiger partial charge is 0.295 e. The van der Waals surface area contributed by atoms with E-state index in [-0.39, 0.29) is 17.9 Å². The number of hydrogen-bond acceptors (Lipinski definition) is 5. The van der Waals surface area contributed by atoms with E-state index in [9.17, 15) is 14.7 Å². The summed E-state index contributed by atoms with van der Waals surface area (Å²) >= 11 is 0. The van der Waals surface area contributed by atoms with Crippen LogP contribution in [0.1, 0.15) is 22.7 Å². The van der Waals surface area contributed by atoms with Crippen LogP contribution in [0.4, 0.5) is 0 Å². The number of hydrogen-bond donors (Lipinski definition) is 1. The molecule has 1 amide bonds. The van der Waals surface area contributed by atoms with Crippen molar-refractivity contribution in [2.75, 3.05) is 7.11 Å². The van der Waals surface area contributed by atoms with Gasteiger partial charge in [-0.3, -0.25) is 14.6 Å². The summed E-state index contributed by atoms with van der Waals surface area (Å²) in [6.07, 6.45) is 3.28. The Balaban J connectivity index is 1.85. The van der Waals surface area contributed by atoms with Gasteiger partial charge in [0.1, 0.15) is 11.5 Å². The molecule has 2 aromatic carbocycles. The zero-order valence-electron chi connectivity index (χ0n) is 16.4. The highest BCUT2D eigenvalue weighted by Crippen LogP contribution is 2.40. The number of benzene rings is 2. The topological polar surface area (TPSA) is 79.7 Å². The second kappa shape index (κ2) is 8.21. The zero-order valence-corrected chi connectivity index (χ0v) is 16.4. The van der Waals surface area contributed by atoms with Gasteiger partial charge in [-0.05, 0) is 35.4 Å². The summed E-state index contributed by atoms with van der Waals surface area (Å²) in [5.74, 6) is -1.04.